The van der Waals surface area contributed by atoms with E-state index < -0.39 is 5.41 Å². The second kappa shape index (κ2) is 10.2. The third kappa shape index (κ3) is 5.22. The van der Waals surface area contributed by atoms with Crippen LogP contribution in [0.25, 0.3) is 11.1 Å². The number of hydrogen-bond donors (Lipinski definition) is 0. The van der Waals surface area contributed by atoms with E-state index in [9.17, 15) is 9.18 Å². The first-order valence-corrected chi connectivity index (χ1v) is 11.9. The summed E-state index contributed by atoms with van der Waals surface area (Å²) in [7, 11) is 5.71. The second-order valence-corrected chi connectivity index (χ2v) is 9.56. The summed E-state index contributed by atoms with van der Waals surface area (Å²) in [6.07, 6.45) is 4.21. The molecule has 2 aliphatic heterocycles. The van der Waals surface area contributed by atoms with Crippen LogP contribution in [0.2, 0.25) is 0 Å². The van der Waals surface area contributed by atoms with Crippen LogP contribution in [-0.2, 0) is 16.0 Å². The molecule has 0 aromatic heterocycles. The molecule has 2 fully saturated rings. The van der Waals surface area contributed by atoms with Crippen molar-refractivity contribution >= 4 is 5.91 Å². The van der Waals surface area contributed by atoms with Crippen molar-refractivity contribution in [2.24, 2.45) is 5.41 Å². The van der Waals surface area contributed by atoms with Crippen molar-refractivity contribution in [2.45, 2.75) is 38.1 Å². The predicted octanol–water partition coefficient (Wildman–Crippen LogP) is 4.39. The first-order valence-electron chi connectivity index (χ1n) is 11.9. The number of halogens is 1. The molecule has 5 nitrogen and oxygen atoms in total. The minimum Gasteiger partial charge on any atom is -0.496 e. The van der Waals surface area contributed by atoms with Crippen molar-refractivity contribution in [1.29, 1.82) is 0 Å². The van der Waals surface area contributed by atoms with Crippen molar-refractivity contribution in [1.82, 2.24) is 9.80 Å². The van der Waals surface area contributed by atoms with E-state index in [0.717, 1.165) is 55.5 Å². The van der Waals surface area contributed by atoms with E-state index in [0.29, 0.717) is 31.4 Å². The van der Waals surface area contributed by atoms with Crippen molar-refractivity contribution in [3.63, 3.8) is 0 Å². The molecule has 0 radical (unpaired) electrons. The summed E-state index contributed by atoms with van der Waals surface area (Å²) in [5.74, 6) is 0.592. The van der Waals surface area contributed by atoms with Crippen LogP contribution < -0.4 is 4.74 Å². The van der Waals surface area contributed by atoms with Gasteiger partial charge in [-0.15, -0.1) is 0 Å². The van der Waals surface area contributed by atoms with E-state index in [1.165, 1.54) is 12.1 Å². The Bertz CT molecular complexity index is 948. The smallest absolute Gasteiger partial charge is 0.229 e. The Morgan fingerprint density at radius 3 is 2.45 bits per heavy atom. The summed E-state index contributed by atoms with van der Waals surface area (Å²) in [5.41, 5.74) is 2.30. The van der Waals surface area contributed by atoms with Crippen molar-refractivity contribution in [2.75, 3.05) is 47.5 Å². The summed E-state index contributed by atoms with van der Waals surface area (Å²) < 4.78 is 24.9. The van der Waals surface area contributed by atoms with Gasteiger partial charge in [0.2, 0.25) is 5.91 Å². The third-order valence-corrected chi connectivity index (χ3v) is 7.43. The molecule has 4 rings (SSSR count). The molecule has 0 unspecified atom stereocenters. The van der Waals surface area contributed by atoms with Crippen LogP contribution >= 0.6 is 0 Å². The Kier molecular flexibility index (Phi) is 7.35. The molecular weight excluding hydrogens is 419 g/mol. The number of nitrogens with zero attached hydrogens (tertiary/aromatic N) is 2. The highest BCUT2D eigenvalue weighted by Gasteiger charge is 2.43. The van der Waals surface area contributed by atoms with Gasteiger partial charge in [0, 0.05) is 31.9 Å². The molecule has 0 aliphatic carbocycles. The Morgan fingerprint density at radius 1 is 1.15 bits per heavy atom. The SMILES string of the molecule is COc1ccc(F)cc1-c1ccc(CC2(C(=O)N(C)C3CCN(C)CC3)CCOCC2)cc1. The number of hydrogen-bond acceptors (Lipinski definition) is 4. The summed E-state index contributed by atoms with van der Waals surface area (Å²) in [6, 6.07) is 12.9. The van der Waals surface area contributed by atoms with Crippen LogP contribution in [0, 0.1) is 11.2 Å². The average Bonchev–Trinajstić information content (AvgIpc) is 2.84. The quantitative estimate of drug-likeness (QED) is 0.649. The Morgan fingerprint density at radius 2 is 1.82 bits per heavy atom. The van der Waals surface area contributed by atoms with Crippen LogP contribution in [0.4, 0.5) is 4.39 Å². The lowest BCUT2D eigenvalue weighted by Crippen LogP contribution is -2.52. The van der Waals surface area contributed by atoms with Gasteiger partial charge in [-0.1, -0.05) is 24.3 Å². The maximum absolute atomic E-state index is 13.8. The summed E-state index contributed by atoms with van der Waals surface area (Å²) in [4.78, 5) is 18.2. The number of amides is 1. The molecule has 2 heterocycles. The van der Waals surface area contributed by atoms with Gasteiger partial charge in [-0.25, -0.2) is 4.39 Å². The van der Waals surface area contributed by atoms with Gasteiger partial charge in [0.25, 0.3) is 0 Å². The summed E-state index contributed by atoms with van der Waals surface area (Å²) in [5, 5.41) is 0. The topological polar surface area (TPSA) is 42.0 Å². The molecule has 178 valence electrons. The largest absolute Gasteiger partial charge is 0.496 e. The van der Waals surface area contributed by atoms with Crippen LogP contribution in [-0.4, -0.2) is 69.3 Å². The van der Waals surface area contributed by atoms with Gasteiger partial charge in [-0.3, -0.25) is 4.79 Å². The number of piperidine rings is 1. The highest BCUT2D eigenvalue weighted by atomic mass is 19.1. The maximum Gasteiger partial charge on any atom is 0.229 e. The third-order valence-electron chi connectivity index (χ3n) is 7.43. The normalized spacial score (nSPS) is 19.3. The van der Waals surface area contributed by atoms with E-state index >= 15 is 0 Å². The molecule has 2 aromatic carbocycles. The lowest BCUT2D eigenvalue weighted by molar-refractivity contribution is -0.149. The molecule has 0 spiro atoms. The highest BCUT2D eigenvalue weighted by Crippen LogP contribution is 2.38. The van der Waals surface area contributed by atoms with Crippen LogP contribution in [0.5, 0.6) is 5.75 Å². The predicted molar refractivity (Wildman–Crippen MR) is 128 cm³/mol. The molecule has 2 saturated heterocycles. The summed E-state index contributed by atoms with van der Waals surface area (Å²) >= 11 is 0. The minimum absolute atomic E-state index is 0.247. The van der Waals surface area contributed by atoms with E-state index in [2.05, 4.69) is 24.1 Å². The molecule has 0 bridgehead atoms. The minimum atomic E-state index is -0.436. The molecule has 2 aromatic rings. The van der Waals surface area contributed by atoms with E-state index in [1.807, 2.05) is 24.1 Å². The maximum atomic E-state index is 13.8. The lowest BCUT2D eigenvalue weighted by atomic mass is 9.73. The number of likely N-dealkylation sites (tertiary alicyclic amines) is 1. The highest BCUT2D eigenvalue weighted by molar-refractivity contribution is 5.83. The standard InChI is InChI=1S/C27H35FN2O3/c1-29-14-10-23(11-15-29)30(2)26(31)27(12-16-33-17-13-27)19-20-4-6-21(7-5-20)24-18-22(28)8-9-25(24)32-3/h4-9,18,23H,10-17,19H2,1-3H3. The summed E-state index contributed by atoms with van der Waals surface area (Å²) in [6.45, 7) is 3.30. The Hall–Kier alpha value is -2.44. The molecular formula is C27H35FN2O3. The first kappa shape index (κ1) is 23.7. The van der Waals surface area contributed by atoms with Crippen LogP contribution in [0.15, 0.2) is 42.5 Å². The van der Waals surface area contributed by atoms with Crippen LogP contribution in [0.3, 0.4) is 0 Å². The van der Waals surface area contributed by atoms with Crippen molar-refractivity contribution < 1.29 is 18.7 Å². The molecule has 2 aliphatic rings. The molecule has 6 heteroatoms. The molecule has 1 amide bonds. The van der Waals surface area contributed by atoms with Gasteiger partial charge in [0.1, 0.15) is 11.6 Å². The van der Waals surface area contributed by atoms with E-state index in [1.54, 1.807) is 13.2 Å². The lowest BCUT2D eigenvalue weighted by Gasteiger charge is -2.43. The van der Waals surface area contributed by atoms with Gasteiger partial charge < -0.3 is 19.3 Å². The van der Waals surface area contributed by atoms with E-state index in [4.69, 9.17) is 9.47 Å². The van der Waals surface area contributed by atoms with Gasteiger partial charge in [0.15, 0.2) is 0 Å². The Balaban J connectivity index is 1.54. The fourth-order valence-electron chi connectivity index (χ4n) is 5.25. The molecule has 0 N–H and O–H groups in total. The van der Waals surface area contributed by atoms with Gasteiger partial charge in [-0.2, -0.15) is 0 Å². The van der Waals surface area contributed by atoms with Gasteiger partial charge >= 0.3 is 0 Å². The second-order valence-electron chi connectivity index (χ2n) is 9.56. The van der Waals surface area contributed by atoms with Crippen LogP contribution in [0.1, 0.15) is 31.2 Å². The number of carbonyl (C=O) groups is 1. The number of carbonyl (C=O) groups excluding carboxylic acids is 1. The molecule has 0 saturated carbocycles. The number of methoxy groups -OCH3 is 1. The molecule has 0 atom stereocenters. The van der Waals surface area contributed by atoms with Crippen molar-refractivity contribution in [3.8, 4) is 16.9 Å². The van der Waals surface area contributed by atoms with Crippen molar-refractivity contribution in [3.05, 3.63) is 53.8 Å². The number of benzene rings is 2. The fourth-order valence-corrected chi connectivity index (χ4v) is 5.25. The van der Waals surface area contributed by atoms with Gasteiger partial charge in [0.05, 0.1) is 12.5 Å². The fraction of sp³-hybridized carbons (Fsp3) is 0.519. The first-order chi connectivity index (χ1) is 15.9. The Labute approximate surface area is 196 Å². The molecule has 33 heavy (non-hydrogen) atoms. The average molecular weight is 455 g/mol. The number of ether oxygens (including phenoxy) is 2. The monoisotopic (exact) mass is 454 g/mol. The zero-order chi connectivity index (χ0) is 23.4. The zero-order valence-corrected chi connectivity index (χ0v) is 20.0. The zero-order valence-electron chi connectivity index (χ0n) is 20.0. The van der Waals surface area contributed by atoms with E-state index in [-0.39, 0.29) is 11.7 Å². The number of rotatable bonds is 6. The van der Waals surface area contributed by atoms with Gasteiger partial charge in [-0.05, 0) is 81.6 Å².